The molecule has 0 aliphatic carbocycles. The summed E-state index contributed by atoms with van der Waals surface area (Å²) in [5.74, 6) is -1.45. The molecule has 1 aromatic heterocycles. The van der Waals surface area contributed by atoms with Crippen LogP contribution in [-0.4, -0.2) is 40.1 Å². The molecule has 2 N–H and O–H groups in total. The molecule has 0 radical (unpaired) electrons. The maximum atomic E-state index is 12.6. The van der Waals surface area contributed by atoms with E-state index in [2.05, 4.69) is 10.3 Å². The topological polar surface area (TPSA) is 82.5 Å². The van der Waals surface area contributed by atoms with Crippen LogP contribution >= 0.6 is 11.3 Å². The normalized spacial score (nSPS) is 17.1. The van der Waals surface area contributed by atoms with Crippen molar-refractivity contribution in [2.45, 2.75) is 19.1 Å². The molecule has 1 atom stereocenters. The Balaban J connectivity index is 1.57. The van der Waals surface area contributed by atoms with E-state index in [1.54, 1.807) is 5.38 Å². The molecule has 1 aromatic carbocycles. The molecule has 1 aliphatic rings. The lowest BCUT2D eigenvalue weighted by atomic mass is 10.1. The van der Waals surface area contributed by atoms with Crippen molar-refractivity contribution in [3.63, 3.8) is 0 Å². The van der Waals surface area contributed by atoms with Crippen LogP contribution in [0.15, 0.2) is 29.6 Å². The smallest absolute Gasteiger partial charge is 0.416 e. The van der Waals surface area contributed by atoms with Crippen LogP contribution in [0.4, 0.5) is 18.0 Å². The number of nitrogens with zero attached hydrogens (tertiary/aromatic N) is 2. The van der Waals surface area contributed by atoms with Crippen LogP contribution in [0.2, 0.25) is 0 Å². The molecule has 1 aliphatic heterocycles. The Morgan fingerprint density at radius 2 is 2.00 bits per heavy atom. The highest BCUT2D eigenvalue weighted by molar-refractivity contribution is 7.13. The summed E-state index contributed by atoms with van der Waals surface area (Å²) in [4.78, 5) is 28.8. The second kappa shape index (κ2) is 7.55. The van der Waals surface area contributed by atoms with E-state index in [-0.39, 0.29) is 19.1 Å². The SMILES string of the molecule is O=C(O)C1CCN(C(=O)NCc2csc(-c3ccc(C(F)(F)F)cc3)n2)C1. The number of carboxylic acid groups (broad SMARTS) is 1. The first kappa shape index (κ1) is 19.2. The summed E-state index contributed by atoms with van der Waals surface area (Å²) in [6, 6.07) is 4.37. The molecular weight excluding hydrogens is 383 g/mol. The predicted octanol–water partition coefficient (Wildman–Crippen LogP) is 3.45. The summed E-state index contributed by atoms with van der Waals surface area (Å²) in [5, 5.41) is 13.9. The van der Waals surface area contributed by atoms with Crippen LogP contribution in [-0.2, 0) is 17.5 Å². The van der Waals surface area contributed by atoms with Crippen molar-refractivity contribution in [1.82, 2.24) is 15.2 Å². The number of hydrogen-bond acceptors (Lipinski definition) is 4. The van der Waals surface area contributed by atoms with Gasteiger partial charge in [-0.2, -0.15) is 13.2 Å². The largest absolute Gasteiger partial charge is 0.481 e. The van der Waals surface area contributed by atoms with E-state index in [0.29, 0.717) is 29.2 Å². The van der Waals surface area contributed by atoms with Gasteiger partial charge in [-0.1, -0.05) is 12.1 Å². The van der Waals surface area contributed by atoms with Crippen molar-refractivity contribution in [3.8, 4) is 10.6 Å². The van der Waals surface area contributed by atoms with Gasteiger partial charge in [-0.15, -0.1) is 11.3 Å². The van der Waals surface area contributed by atoms with E-state index in [0.717, 1.165) is 12.1 Å². The highest BCUT2D eigenvalue weighted by atomic mass is 32.1. The number of carboxylic acids is 1. The zero-order chi connectivity index (χ0) is 19.6. The third-order valence-electron chi connectivity index (χ3n) is 4.26. The first-order valence-electron chi connectivity index (χ1n) is 8.11. The van der Waals surface area contributed by atoms with Gasteiger partial charge in [0.1, 0.15) is 5.01 Å². The minimum absolute atomic E-state index is 0.157. The molecule has 3 rings (SSSR count). The van der Waals surface area contributed by atoms with E-state index in [4.69, 9.17) is 5.11 Å². The number of thiazole rings is 1. The fourth-order valence-corrected chi connectivity index (χ4v) is 3.57. The van der Waals surface area contributed by atoms with Crippen LogP contribution in [0.5, 0.6) is 0 Å². The summed E-state index contributed by atoms with van der Waals surface area (Å²) in [7, 11) is 0. The highest BCUT2D eigenvalue weighted by Gasteiger charge is 2.31. The molecule has 10 heteroatoms. The van der Waals surface area contributed by atoms with Crippen molar-refractivity contribution < 1.29 is 27.9 Å². The minimum atomic E-state index is -4.38. The van der Waals surface area contributed by atoms with Crippen LogP contribution in [0, 0.1) is 5.92 Å². The molecule has 144 valence electrons. The van der Waals surface area contributed by atoms with Gasteiger partial charge in [0.05, 0.1) is 23.7 Å². The van der Waals surface area contributed by atoms with Crippen molar-refractivity contribution in [2.24, 2.45) is 5.92 Å². The number of hydrogen-bond donors (Lipinski definition) is 2. The van der Waals surface area contributed by atoms with Gasteiger partial charge in [0, 0.05) is 24.0 Å². The van der Waals surface area contributed by atoms with Gasteiger partial charge in [0.2, 0.25) is 0 Å². The summed E-state index contributed by atoms with van der Waals surface area (Å²) < 4.78 is 37.8. The van der Waals surface area contributed by atoms with E-state index >= 15 is 0 Å². The molecule has 2 amide bonds. The summed E-state index contributed by atoms with van der Waals surface area (Å²) >= 11 is 1.27. The zero-order valence-corrected chi connectivity index (χ0v) is 14.8. The number of carbonyl (C=O) groups excluding carboxylic acids is 1. The first-order valence-corrected chi connectivity index (χ1v) is 8.99. The zero-order valence-electron chi connectivity index (χ0n) is 14.0. The van der Waals surface area contributed by atoms with Gasteiger partial charge in [0.15, 0.2) is 0 Å². The average Bonchev–Trinajstić information content (AvgIpc) is 3.29. The van der Waals surface area contributed by atoms with Crippen LogP contribution in [0.25, 0.3) is 10.6 Å². The molecule has 0 saturated carbocycles. The molecule has 2 aromatic rings. The van der Waals surface area contributed by atoms with E-state index < -0.39 is 23.6 Å². The maximum Gasteiger partial charge on any atom is 0.416 e. The molecule has 2 heterocycles. The molecule has 1 fully saturated rings. The van der Waals surface area contributed by atoms with Crippen LogP contribution in [0.1, 0.15) is 17.7 Å². The quantitative estimate of drug-likeness (QED) is 0.825. The second-order valence-corrected chi connectivity index (χ2v) is 7.01. The lowest BCUT2D eigenvalue weighted by Gasteiger charge is -2.16. The molecule has 0 spiro atoms. The number of halogens is 3. The number of carbonyl (C=O) groups is 2. The molecule has 6 nitrogen and oxygen atoms in total. The van der Waals surface area contributed by atoms with Gasteiger partial charge in [-0.05, 0) is 18.6 Å². The summed E-state index contributed by atoms with van der Waals surface area (Å²) in [6.45, 7) is 0.718. The van der Waals surface area contributed by atoms with Gasteiger partial charge < -0.3 is 15.3 Å². The van der Waals surface area contributed by atoms with E-state index in [1.165, 1.54) is 28.4 Å². The molecular formula is C17H16F3N3O3S. The predicted molar refractivity (Wildman–Crippen MR) is 92.1 cm³/mol. The monoisotopic (exact) mass is 399 g/mol. The maximum absolute atomic E-state index is 12.6. The average molecular weight is 399 g/mol. The number of aliphatic carboxylic acids is 1. The van der Waals surface area contributed by atoms with Crippen molar-refractivity contribution in [3.05, 3.63) is 40.9 Å². The Kier molecular flexibility index (Phi) is 5.36. The molecule has 27 heavy (non-hydrogen) atoms. The molecule has 1 saturated heterocycles. The Morgan fingerprint density at radius 3 is 2.59 bits per heavy atom. The highest BCUT2D eigenvalue weighted by Crippen LogP contribution is 2.31. The van der Waals surface area contributed by atoms with Gasteiger partial charge in [-0.3, -0.25) is 4.79 Å². The number of aromatic nitrogens is 1. The lowest BCUT2D eigenvalue weighted by molar-refractivity contribution is -0.141. The third kappa shape index (κ3) is 4.57. The van der Waals surface area contributed by atoms with Crippen molar-refractivity contribution in [1.29, 1.82) is 0 Å². The minimum Gasteiger partial charge on any atom is -0.481 e. The number of benzene rings is 1. The Hall–Kier alpha value is -2.62. The Labute approximate surface area is 156 Å². The van der Waals surface area contributed by atoms with Crippen molar-refractivity contribution in [2.75, 3.05) is 13.1 Å². The Morgan fingerprint density at radius 1 is 1.30 bits per heavy atom. The fourth-order valence-electron chi connectivity index (χ4n) is 2.75. The van der Waals surface area contributed by atoms with Crippen LogP contribution in [0.3, 0.4) is 0 Å². The first-order chi connectivity index (χ1) is 12.7. The molecule has 1 unspecified atom stereocenters. The van der Waals surface area contributed by atoms with Gasteiger partial charge >= 0.3 is 18.2 Å². The lowest BCUT2D eigenvalue weighted by Crippen LogP contribution is -2.38. The fraction of sp³-hybridized carbons (Fsp3) is 0.353. The summed E-state index contributed by atoms with van der Waals surface area (Å²) in [5.41, 5.74) is 0.423. The standard InChI is InChI=1S/C17H16F3N3O3S/c18-17(19,20)12-3-1-10(2-4-12)14-22-13(9-27-14)7-21-16(26)23-6-5-11(8-23)15(24)25/h1-4,9,11H,5-8H2,(H,21,26)(H,24,25). The van der Waals surface area contributed by atoms with Crippen LogP contribution < -0.4 is 5.32 Å². The second-order valence-electron chi connectivity index (χ2n) is 6.15. The number of likely N-dealkylation sites (tertiary alicyclic amines) is 1. The number of rotatable bonds is 4. The number of nitrogens with one attached hydrogen (secondary N) is 1. The number of alkyl halides is 3. The number of urea groups is 1. The Bertz CT molecular complexity index is 836. The molecule has 0 bridgehead atoms. The summed E-state index contributed by atoms with van der Waals surface area (Å²) in [6.07, 6.45) is -3.95. The van der Waals surface area contributed by atoms with Gasteiger partial charge in [-0.25, -0.2) is 9.78 Å². The number of amides is 2. The van der Waals surface area contributed by atoms with Gasteiger partial charge in [0.25, 0.3) is 0 Å². The van der Waals surface area contributed by atoms with Crippen molar-refractivity contribution >= 4 is 23.3 Å². The third-order valence-corrected chi connectivity index (χ3v) is 5.20. The van der Waals surface area contributed by atoms with E-state index in [1.807, 2.05) is 0 Å². The van der Waals surface area contributed by atoms with E-state index in [9.17, 15) is 22.8 Å².